The Hall–Kier alpha value is -2.02. The van der Waals surface area contributed by atoms with Crippen molar-refractivity contribution in [2.45, 2.75) is 20.3 Å². The molecule has 0 spiro atoms. The number of para-hydroxylation sites is 1. The van der Waals surface area contributed by atoms with Crippen LogP contribution in [0, 0.1) is 12.7 Å². The molecule has 0 radical (unpaired) electrons. The normalized spacial score (nSPS) is 10.3. The Kier molecular flexibility index (Phi) is 4.62. The van der Waals surface area contributed by atoms with Gasteiger partial charge >= 0.3 is 0 Å². The lowest BCUT2D eigenvalue weighted by Crippen LogP contribution is -2.16. The summed E-state index contributed by atoms with van der Waals surface area (Å²) >= 11 is 1.27. The number of carbonyl (C=O) groups excluding carboxylic acids is 1. The average molecular weight is 294 g/mol. The lowest BCUT2D eigenvalue weighted by Gasteiger charge is -2.11. The van der Waals surface area contributed by atoms with Crippen molar-refractivity contribution in [3.05, 3.63) is 34.6 Å². The third-order valence-electron chi connectivity index (χ3n) is 2.56. The quantitative estimate of drug-likeness (QED) is 0.889. The van der Waals surface area contributed by atoms with Gasteiger partial charge in [-0.1, -0.05) is 24.3 Å². The second-order valence-electron chi connectivity index (χ2n) is 4.17. The Balaban J connectivity index is 2.22. The fourth-order valence-electron chi connectivity index (χ4n) is 1.65. The first-order valence-electron chi connectivity index (χ1n) is 6.25. The zero-order chi connectivity index (χ0) is 14.5. The van der Waals surface area contributed by atoms with E-state index in [0.717, 1.165) is 11.4 Å². The van der Waals surface area contributed by atoms with Gasteiger partial charge in [0.05, 0.1) is 11.3 Å². The first kappa shape index (κ1) is 14.4. The summed E-state index contributed by atoms with van der Waals surface area (Å²) in [6, 6.07) is 4.40. The highest BCUT2D eigenvalue weighted by molar-refractivity contribution is 7.15. The van der Waals surface area contributed by atoms with E-state index >= 15 is 0 Å². The lowest BCUT2D eigenvalue weighted by molar-refractivity contribution is 0.102. The maximum Gasteiger partial charge on any atom is 0.259 e. The van der Waals surface area contributed by atoms with Crippen LogP contribution in [0.15, 0.2) is 18.2 Å². The summed E-state index contributed by atoms with van der Waals surface area (Å²) in [5.74, 6) is -0.848. The summed E-state index contributed by atoms with van der Waals surface area (Å²) in [6.45, 7) is 4.36. The Labute approximate surface area is 120 Å². The number of nitrogens with one attached hydrogen (secondary N) is 2. The molecular formula is C13H15FN4OS. The van der Waals surface area contributed by atoms with E-state index in [2.05, 4.69) is 20.8 Å². The Morgan fingerprint density at radius 2 is 2.20 bits per heavy atom. The Bertz CT molecular complexity index is 614. The smallest absolute Gasteiger partial charge is 0.259 e. The van der Waals surface area contributed by atoms with E-state index in [9.17, 15) is 9.18 Å². The Morgan fingerprint density at radius 1 is 1.40 bits per heavy atom. The topological polar surface area (TPSA) is 66.9 Å². The van der Waals surface area contributed by atoms with E-state index < -0.39 is 11.7 Å². The van der Waals surface area contributed by atoms with Gasteiger partial charge in [0.25, 0.3) is 5.91 Å². The molecule has 0 saturated carbocycles. The molecule has 0 saturated heterocycles. The molecule has 0 unspecified atom stereocenters. The van der Waals surface area contributed by atoms with Crippen LogP contribution in [-0.2, 0) is 0 Å². The molecule has 0 bridgehead atoms. The van der Waals surface area contributed by atoms with E-state index in [0.29, 0.717) is 11.7 Å². The summed E-state index contributed by atoms with van der Waals surface area (Å²) in [7, 11) is 0. The Morgan fingerprint density at radius 3 is 2.85 bits per heavy atom. The average Bonchev–Trinajstić information content (AvgIpc) is 2.82. The van der Waals surface area contributed by atoms with Crippen molar-refractivity contribution in [3.63, 3.8) is 0 Å². The summed E-state index contributed by atoms with van der Waals surface area (Å²) in [5, 5.41) is 14.3. The summed E-state index contributed by atoms with van der Waals surface area (Å²) in [4.78, 5) is 12.2. The van der Waals surface area contributed by atoms with Gasteiger partial charge in [0.15, 0.2) is 0 Å². The second-order valence-corrected chi connectivity index (χ2v) is 5.35. The first-order chi connectivity index (χ1) is 9.61. The molecule has 20 heavy (non-hydrogen) atoms. The molecule has 106 valence electrons. The summed E-state index contributed by atoms with van der Waals surface area (Å²) in [6.07, 6.45) is 0.838. The second kappa shape index (κ2) is 6.42. The highest BCUT2D eigenvalue weighted by atomic mass is 32.1. The predicted molar refractivity (Wildman–Crippen MR) is 77.8 cm³/mol. The monoisotopic (exact) mass is 294 g/mol. The number of anilines is 2. The van der Waals surface area contributed by atoms with Crippen molar-refractivity contribution in [2.75, 3.05) is 17.2 Å². The van der Waals surface area contributed by atoms with Gasteiger partial charge in [-0.05, 0) is 25.5 Å². The molecule has 0 atom stereocenters. The number of benzene rings is 1. The van der Waals surface area contributed by atoms with Crippen molar-refractivity contribution < 1.29 is 9.18 Å². The molecule has 1 amide bonds. The first-order valence-corrected chi connectivity index (χ1v) is 7.07. The number of hydrogen-bond donors (Lipinski definition) is 2. The molecule has 7 heteroatoms. The van der Waals surface area contributed by atoms with Gasteiger partial charge in [0.1, 0.15) is 10.8 Å². The number of aryl methyl sites for hydroxylation is 1. The maximum absolute atomic E-state index is 13.8. The number of nitrogens with zero attached hydrogens (tertiary/aromatic N) is 2. The van der Waals surface area contributed by atoms with Crippen LogP contribution in [0.3, 0.4) is 0 Å². The van der Waals surface area contributed by atoms with Crippen LogP contribution >= 0.6 is 11.3 Å². The van der Waals surface area contributed by atoms with Gasteiger partial charge in [-0.15, -0.1) is 10.2 Å². The SMILES string of the molecule is CCCNc1c(F)cccc1C(=O)Nc1nnc(C)s1. The van der Waals surface area contributed by atoms with Crippen LogP contribution < -0.4 is 10.6 Å². The van der Waals surface area contributed by atoms with Crippen LogP contribution in [0.2, 0.25) is 0 Å². The van der Waals surface area contributed by atoms with Crippen molar-refractivity contribution >= 4 is 28.1 Å². The minimum Gasteiger partial charge on any atom is -0.382 e. The molecule has 1 aromatic heterocycles. The number of hydrogen-bond acceptors (Lipinski definition) is 5. The van der Waals surface area contributed by atoms with Crippen LogP contribution in [0.4, 0.5) is 15.2 Å². The van der Waals surface area contributed by atoms with Crippen LogP contribution in [0.1, 0.15) is 28.7 Å². The van der Waals surface area contributed by atoms with E-state index in [1.165, 1.54) is 23.5 Å². The zero-order valence-electron chi connectivity index (χ0n) is 11.2. The van der Waals surface area contributed by atoms with Crippen molar-refractivity contribution in [3.8, 4) is 0 Å². The lowest BCUT2D eigenvalue weighted by atomic mass is 10.1. The molecule has 0 aliphatic carbocycles. The molecule has 0 aliphatic rings. The maximum atomic E-state index is 13.8. The third kappa shape index (κ3) is 3.30. The van der Waals surface area contributed by atoms with Crippen LogP contribution in [-0.4, -0.2) is 22.6 Å². The molecular weight excluding hydrogens is 279 g/mol. The number of amides is 1. The molecule has 0 aliphatic heterocycles. The fourth-order valence-corrected chi connectivity index (χ4v) is 2.24. The highest BCUT2D eigenvalue weighted by Crippen LogP contribution is 2.22. The van der Waals surface area contributed by atoms with Crippen molar-refractivity contribution in [1.82, 2.24) is 10.2 Å². The van der Waals surface area contributed by atoms with E-state index in [4.69, 9.17) is 0 Å². The van der Waals surface area contributed by atoms with Crippen molar-refractivity contribution in [2.24, 2.45) is 0 Å². The minimum absolute atomic E-state index is 0.216. The van der Waals surface area contributed by atoms with E-state index in [-0.39, 0.29) is 11.3 Å². The van der Waals surface area contributed by atoms with Crippen LogP contribution in [0.25, 0.3) is 0 Å². The standard InChI is InChI=1S/C13H15FN4OS/c1-3-7-15-11-9(5-4-6-10(11)14)12(19)16-13-18-17-8(2)20-13/h4-6,15H,3,7H2,1-2H3,(H,16,18,19). The van der Waals surface area contributed by atoms with Gasteiger partial charge in [-0.3, -0.25) is 10.1 Å². The van der Waals surface area contributed by atoms with Gasteiger partial charge in [0, 0.05) is 6.54 Å². The number of halogens is 1. The summed E-state index contributed by atoms with van der Waals surface area (Å²) < 4.78 is 13.8. The van der Waals surface area contributed by atoms with E-state index in [1.807, 2.05) is 6.92 Å². The highest BCUT2D eigenvalue weighted by Gasteiger charge is 2.16. The number of carbonyl (C=O) groups is 1. The van der Waals surface area contributed by atoms with Crippen molar-refractivity contribution in [1.29, 1.82) is 0 Å². The number of rotatable bonds is 5. The molecule has 5 nitrogen and oxygen atoms in total. The van der Waals surface area contributed by atoms with Crippen LogP contribution in [0.5, 0.6) is 0 Å². The molecule has 2 rings (SSSR count). The predicted octanol–water partition coefficient (Wildman–Crippen LogP) is 3.06. The van der Waals surface area contributed by atoms with Gasteiger partial charge in [-0.25, -0.2) is 4.39 Å². The zero-order valence-corrected chi connectivity index (χ0v) is 12.1. The largest absolute Gasteiger partial charge is 0.382 e. The number of aromatic nitrogens is 2. The molecule has 2 aromatic rings. The van der Waals surface area contributed by atoms with Gasteiger partial charge in [-0.2, -0.15) is 0 Å². The molecule has 1 aromatic carbocycles. The molecule has 0 fully saturated rings. The summed E-state index contributed by atoms with van der Waals surface area (Å²) in [5.41, 5.74) is 0.472. The third-order valence-corrected chi connectivity index (χ3v) is 3.31. The van der Waals surface area contributed by atoms with Gasteiger partial charge in [0.2, 0.25) is 5.13 Å². The van der Waals surface area contributed by atoms with E-state index in [1.54, 1.807) is 13.0 Å². The van der Waals surface area contributed by atoms with Gasteiger partial charge < -0.3 is 5.32 Å². The minimum atomic E-state index is -0.445. The molecule has 1 heterocycles. The molecule has 2 N–H and O–H groups in total. The fraction of sp³-hybridized carbons (Fsp3) is 0.308.